The number of nitriles is 1. The molecule has 1 fully saturated rings. The number of nitrogens with two attached hydrogens (primary N) is 1. The first-order valence-electron chi connectivity index (χ1n) is 17.5. The lowest BCUT2D eigenvalue weighted by Gasteiger charge is -2.19. The minimum absolute atomic E-state index is 0.133. The topological polar surface area (TPSA) is 143 Å². The van der Waals surface area contributed by atoms with Crippen molar-refractivity contribution in [1.82, 2.24) is 15.2 Å². The van der Waals surface area contributed by atoms with Crippen molar-refractivity contribution in [1.29, 1.82) is 5.26 Å². The molecule has 1 atom stereocenters. The Morgan fingerprint density at radius 3 is 2.61 bits per heavy atom. The molecule has 2 heterocycles. The van der Waals surface area contributed by atoms with Crippen LogP contribution in [0.25, 0.3) is 11.1 Å². The maximum atomic E-state index is 11.9. The fourth-order valence-electron chi connectivity index (χ4n) is 6.16. The maximum Gasteiger partial charge on any atom is 0.320 e. The van der Waals surface area contributed by atoms with Crippen molar-refractivity contribution in [3.05, 3.63) is 106 Å². The van der Waals surface area contributed by atoms with E-state index in [1.54, 1.807) is 24.4 Å². The average molecular weight is 712 g/mol. The second kappa shape index (κ2) is 19.1. The number of ether oxygens (including phenoxy) is 3. The molecule has 268 valence electrons. The molecule has 0 spiro atoms. The third-order valence-corrected chi connectivity index (χ3v) is 9.32. The molecule has 3 aromatic carbocycles. The van der Waals surface area contributed by atoms with Gasteiger partial charge in [-0.25, -0.2) is 0 Å². The summed E-state index contributed by atoms with van der Waals surface area (Å²) in [5.74, 6) is 0.787. The van der Waals surface area contributed by atoms with Crippen LogP contribution < -0.4 is 25.3 Å². The molecule has 1 aliphatic heterocycles. The van der Waals surface area contributed by atoms with Crippen molar-refractivity contribution in [2.24, 2.45) is 5.73 Å². The fraction of sp³-hybridized carbons (Fsp3) is 0.375. The zero-order valence-corrected chi connectivity index (χ0v) is 29.8. The minimum atomic E-state index is -0.957. The normalized spacial score (nSPS) is 13.5. The van der Waals surface area contributed by atoms with Gasteiger partial charge in [0.1, 0.15) is 42.6 Å². The Labute approximate surface area is 305 Å². The number of nitrogens with zero attached hydrogens (tertiary/aromatic N) is 3. The third kappa shape index (κ3) is 10.9. The number of rotatable bonds is 19. The summed E-state index contributed by atoms with van der Waals surface area (Å²) in [6.07, 6.45) is 7.67. The van der Waals surface area contributed by atoms with Gasteiger partial charge in [0.2, 0.25) is 0 Å². The first-order valence-corrected chi connectivity index (χ1v) is 17.8. The van der Waals surface area contributed by atoms with Gasteiger partial charge in [-0.05, 0) is 105 Å². The lowest BCUT2D eigenvalue weighted by atomic mass is 9.96. The molecule has 4 N–H and O–H groups in total. The number of likely N-dealkylation sites (tertiary alicyclic amines) is 1. The molecule has 0 unspecified atom stereocenters. The van der Waals surface area contributed by atoms with Crippen LogP contribution in [0, 0.1) is 18.3 Å². The molecule has 0 radical (unpaired) electrons. The Balaban J connectivity index is 1.30. The summed E-state index contributed by atoms with van der Waals surface area (Å²) in [6, 6.07) is 20.8. The molecule has 0 saturated carbocycles. The number of carboxylic acid groups (broad SMARTS) is 1. The highest BCUT2D eigenvalue weighted by molar-refractivity contribution is 6.32. The number of aromatic nitrogens is 1. The van der Waals surface area contributed by atoms with Gasteiger partial charge >= 0.3 is 5.97 Å². The molecular weight excluding hydrogens is 666 g/mol. The molecular formula is C40H46ClN5O5. The van der Waals surface area contributed by atoms with Crippen LogP contribution in [0.1, 0.15) is 59.9 Å². The molecule has 4 aromatic rings. The van der Waals surface area contributed by atoms with Gasteiger partial charge in [-0.2, -0.15) is 5.26 Å². The standard InChI is InChI=1S/C40H46ClN5O5/c1-28-32(9-5-11-35(28)31-8-4-10-34(19-31)49-17-7-16-46-14-2-3-15-46)27-51-39-21-38(50-26-30-18-29(22-43)23-44-24-30)33(20-36(39)41)25-45-37(40(47)48)12-6-13-42/h4-5,8-11,18-21,23-24,37,45H,2-3,6-7,12-17,25-27,42H2,1H3,(H,47,48)/t37-/m0/s1. The van der Waals surface area contributed by atoms with Crippen molar-refractivity contribution in [3.63, 3.8) is 0 Å². The van der Waals surface area contributed by atoms with E-state index in [0.717, 1.165) is 41.0 Å². The van der Waals surface area contributed by atoms with E-state index in [2.05, 4.69) is 46.4 Å². The summed E-state index contributed by atoms with van der Waals surface area (Å²) in [5.41, 5.74) is 11.6. The molecule has 1 aromatic heterocycles. The van der Waals surface area contributed by atoms with Crippen molar-refractivity contribution < 1.29 is 24.1 Å². The van der Waals surface area contributed by atoms with E-state index >= 15 is 0 Å². The van der Waals surface area contributed by atoms with Crippen LogP contribution in [0.2, 0.25) is 5.02 Å². The first kappa shape index (κ1) is 37.6. The summed E-state index contributed by atoms with van der Waals surface area (Å²) in [4.78, 5) is 18.5. The van der Waals surface area contributed by atoms with Crippen LogP contribution in [0.15, 0.2) is 73.1 Å². The van der Waals surface area contributed by atoms with E-state index in [9.17, 15) is 15.2 Å². The van der Waals surface area contributed by atoms with Gasteiger partial charge in [-0.3, -0.25) is 9.78 Å². The molecule has 11 heteroatoms. The Morgan fingerprint density at radius 2 is 1.82 bits per heavy atom. The number of benzene rings is 3. The highest BCUT2D eigenvalue weighted by Gasteiger charge is 2.19. The Morgan fingerprint density at radius 1 is 1.02 bits per heavy atom. The predicted molar refractivity (Wildman–Crippen MR) is 198 cm³/mol. The number of nitrogens with one attached hydrogen (secondary N) is 1. The van der Waals surface area contributed by atoms with E-state index in [4.69, 9.17) is 31.5 Å². The largest absolute Gasteiger partial charge is 0.494 e. The first-order chi connectivity index (χ1) is 24.8. The van der Waals surface area contributed by atoms with Gasteiger partial charge in [0.15, 0.2) is 0 Å². The number of pyridine rings is 1. The van der Waals surface area contributed by atoms with Crippen LogP contribution in [0.4, 0.5) is 0 Å². The van der Waals surface area contributed by atoms with E-state index in [-0.39, 0.29) is 19.8 Å². The van der Waals surface area contributed by atoms with Gasteiger partial charge in [0.25, 0.3) is 0 Å². The van der Waals surface area contributed by atoms with Crippen molar-refractivity contribution >= 4 is 17.6 Å². The molecule has 51 heavy (non-hydrogen) atoms. The Hall–Kier alpha value is -4.66. The van der Waals surface area contributed by atoms with Crippen LogP contribution in [-0.2, 0) is 24.6 Å². The predicted octanol–water partition coefficient (Wildman–Crippen LogP) is 6.89. The Kier molecular flexibility index (Phi) is 14.1. The quantitative estimate of drug-likeness (QED) is 0.0881. The third-order valence-electron chi connectivity index (χ3n) is 9.03. The van der Waals surface area contributed by atoms with E-state index in [1.807, 2.05) is 24.3 Å². The summed E-state index contributed by atoms with van der Waals surface area (Å²) in [5, 5.41) is 22.5. The molecule has 0 bridgehead atoms. The Bertz CT molecular complexity index is 1810. The summed E-state index contributed by atoms with van der Waals surface area (Å²) < 4.78 is 18.6. The summed E-state index contributed by atoms with van der Waals surface area (Å²) >= 11 is 6.76. The molecule has 1 aliphatic rings. The number of aliphatic carboxylic acids is 1. The molecule has 10 nitrogen and oxygen atoms in total. The number of hydrogen-bond donors (Lipinski definition) is 3. The lowest BCUT2D eigenvalue weighted by Crippen LogP contribution is -2.36. The van der Waals surface area contributed by atoms with Gasteiger partial charge in [-0.1, -0.05) is 41.9 Å². The molecule has 5 rings (SSSR count). The molecule has 1 saturated heterocycles. The highest BCUT2D eigenvalue weighted by Crippen LogP contribution is 2.35. The number of carboxylic acids is 1. The van der Waals surface area contributed by atoms with Crippen molar-refractivity contribution in [2.75, 3.05) is 32.8 Å². The van der Waals surface area contributed by atoms with Crippen LogP contribution in [-0.4, -0.2) is 59.8 Å². The number of halogens is 1. The summed E-state index contributed by atoms with van der Waals surface area (Å²) in [6.45, 7) is 7.21. The summed E-state index contributed by atoms with van der Waals surface area (Å²) in [7, 11) is 0. The maximum absolute atomic E-state index is 11.9. The van der Waals surface area contributed by atoms with Crippen LogP contribution >= 0.6 is 11.6 Å². The monoisotopic (exact) mass is 711 g/mol. The number of hydrogen-bond acceptors (Lipinski definition) is 9. The average Bonchev–Trinajstić information content (AvgIpc) is 3.67. The second-order valence-electron chi connectivity index (χ2n) is 12.7. The van der Waals surface area contributed by atoms with Crippen molar-refractivity contribution in [2.45, 2.75) is 64.8 Å². The van der Waals surface area contributed by atoms with Crippen LogP contribution in [0.3, 0.4) is 0 Å². The van der Waals surface area contributed by atoms with Gasteiger partial charge in [0.05, 0.1) is 17.2 Å². The SMILES string of the molecule is Cc1c(COc2cc(OCc3cncc(C#N)c3)c(CN[C@@H](CCCN)C(=O)O)cc2Cl)cccc1-c1cccc(OCCCN2CCCC2)c1. The zero-order chi connectivity index (χ0) is 36.0. The van der Waals surface area contributed by atoms with Gasteiger partial charge in [-0.15, -0.1) is 0 Å². The molecule has 0 amide bonds. The van der Waals surface area contributed by atoms with E-state index in [1.165, 1.54) is 32.1 Å². The highest BCUT2D eigenvalue weighted by atomic mass is 35.5. The molecule has 0 aliphatic carbocycles. The second-order valence-corrected chi connectivity index (χ2v) is 13.1. The van der Waals surface area contributed by atoms with Gasteiger partial charge in [0, 0.05) is 42.7 Å². The fourth-order valence-corrected chi connectivity index (χ4v) is 6.40. The van der Waals surface area contributed by atoms with Crippen LogP contribution in [0.5, 0.6) is 17.2 Å². The lowest BCUT2D eigenvalue weighted by molar-refractivity contribution is -0.139. The van der Waals surface area contributed by atoms with E-state index < -0.39 is 12.0 Å². The smallest absolute Gasteiger partial charge is 0.320 e. The minimum Gasteiger partial charge on any atom is -0.494 e. The zero-order valence-electron chi connectivity index (χ0n) is 29.1. The van der Waals surface area contributed by atoms with Crippen molar-refractivity contribution in [3.8, 4) is 34.4 Å². The van der Waals surface area contributed by atoms with Gasteiger partial charge < -0.3 is 35.3 Å². The van der Waals surface area contributed by atoms with E-state index in [0.29, 0.717) is 59.2 Å². The number of carbonyl (C=O) groups is 1.